The van der Waals surface area contributed by atoms with Crippen molar-refractivity contribution >= 4 is 23.4 Å². The zero-order valence-electron chi connectivity index (χ0n) is 15.0. The number of benzene rings is 1. The van der Waals surface area contributed by atoms with Gasteiger partial charge in [0.2, 0.25) is 5.91 Å². The molecule has 2 aliphatic heterocycles. The fourth-order valence-corrected chi connectivity index (χ4v) is 4.57. The molecule has 27 heavy (non-hydrogen) atoms. The van der Waals surface area contributed by atoms with Crippen molar-refractivity contribution in [1.82, 2.24) is 15.2 Å². The van der Waals surface area contributed by atoms with E-state index in [2.05, 4.69) is 10.3 Å². The Labute approximate surface area is 163 Å². The topological polar surface area (TPSA) is 62.3 Å². The predicted molar refractivity (Wildman–Crippen MR) is 104 cm³/mol. The summed E-state index contributed by atoms with van der Waals surface area (Å²) in [5.41, 5.74) is 1.49. The Morgan fingerprint density at radius 1 is 1.07 bits per heavy atom. The van der Waals surface area contributed by atoms with Crippen molar-refractivity contribution in [3.05, 3.63) is 64.9 Å². The maximum Gasteiger partial charge on any atom is 0.251 e. The minimum absolute atomic E-state index is 0.0716. The number of halogens is 1. The van der Waals surface area contributed by atoms with Gasteiger partial charge in [0.1, 0.15) is 0 Å². The number of hydrogen-bond acceptors (Lipinski definition) is 3. The molecule has 0 radical (unpaired) electrons. The van der Waals surface area contributed by atoms with Gasteiger partial charge in [0, 0.05) is 41.1 Å². The van der Waals surface area contributed by atoms with Gasteiger partial charge in [0.15, 0.2) is 0 Å². The zero-order chi connectivity index (χ0) is 18.8. The molecule has 6 heteroatoms. The van der Waals surface area contributed by atoms with Crippen molar-refractivity contribution in [2.75, 3.05) is 0 Å². The monoisotopic (exact) mass is 383 g/mol. The molecule has 0 saturated carbocycles. The third-order valence-corrected chi connectivity index (χ3v) is 5.97. The average Bonchev–Trinajstić information content (AvgIpc) is 2.95. The van der Waals surface area contributed by atoms with Crippen LogP contribution in [0, 0.1) is 0 Å². The van der Waals surface area contributed by atoms with E-state index in [1.807, 2.05) is 29.2 Å². The van der Waals surface area contributed by atoms with Crippen LogP contribution in [0.5, 0.6) is 0 Å². The van der Waals surface area contributed by atoms with Crippen molar-refractivity contribution in [3.8, 4) is 0 Å². The van der Waals surface area contributed by atoms with Crippen LogP contribution in [0.25, 0.3) is 0 Å². The van der Waals surface area contributed by atoms with Crippen LogP contribution in [-0.2, 0) is 11.2 Å². The zero-order valence-corrected chi connectivity index (χ0v) is 15.7. The number of piperidine rings is 1. The molecule has 1 aromatic carbocycles. The highest BCUT2D eigenvalue weighted by molar-refractivity contribution is 6.31. The van der Waals surface area contributed by atoms with Crippen molar-refractivity contribution in [1.29, 1.82) is 0 Å². The third kappa shape index (κ3) is 3.83. The molecule has 3 heterocycles. The first-order valence-corrected chi connectivity index (χ1v) is 9.75. The van der Waals surface area contributed by atoms with Gasteiger partial charge in [-0.15, -0.1) is 0 Å². The van der Waals surface area contributed by atoms with Gasteiger partial charge in [0.05, 0.1) is 6.42 Å². The van der Waals surface area contributed by atoms with Crippen LogP contribution in [0.3, 0.4) is 0 Å². The highest BCUT2D eigenvalue weighted by atomic mass is 35.5. The number of nitrogens with one attached hydrogen (secondary N) is 1. The lowest BCUT2D eigenvalue weighted by atomic mass is 9.96. The first-order valence-electron chi connectivity index (χ1n) is 9.37. The summed E-state index contributed by atoms with van der Waals surface area (Å²) in [7, 11) is 0. The lowest BCUT2D eigenvalue weighted by molar-refractivity contribution is -0.135. The van der Waals surface area contributed by atoms with Gasteiger partial charge in [-0.1, -0.05) is 29.8 Å². The van der Waals surface area contributed by atoms with Gasteiger partial charge >= 0.3 is 0 Å². The fourth-order valence-electron chi connectivity index (χ4n) is 4.37. The number of pyridine rings is 1. The minimum atomic E-state index is -0.0716. The number of amides is 2. The summed E-state index contributed by atoms with van der Waals surface area (Å²) in [5.74, 6) is 0.0622. The van der Waals surface area contributed by atoms with Crippen LogP contribution in [0.15, 0.2) is 48.8 Å². The number of fused-ring (bicyclic) bond motifs is 2. The van der Waals surface area contributed by atoms with Crippen LogP contribution in [0.4, 0.5) is 0 Å². The molecule has 2 aliphatic rings. The molecule has 4 rings (SSSR count). The third-order valence-electron chi connectivity index (χ3n) is 5.60. The lowest BCUT2D eigenvalue weighted by Crippen LogP contribution is -2.52. The van der Waals surface area contributed by atoms with Gasteiger partial charge < -0.3 is 10.2 Å². The smallest absolute Gasteiger partial charge is 0.251 e. The molecule has 0 spiro atoms. The Morgan fingerprint density at radius 3 is 2.41 bits per heavy atom. The molecule has 1 aromatic heterocycles. The molecule has 2 saturated heterocycles. The fraction of sp³-hybridized carbons (Fsp3) is 0.381. The summed E-state index contributed by atoms with van der Waals surface area (Å²) >= 11 is 6.21. The van der Waals surface area contributed by atoms with Crippen LogP contribution in [-0.4, -0.2) is 39.8 Å². The van der Waals surface area contributed by atoms with Crippen molar-refractivity contribution in [3.63, 3.8) is 0 Å². The number of carbonyl (C=O) groups excluding carboxylic acids is 2. The highest BCUT2D eigenvalue weighted by Gasteiger charge is 2.43. The molecule has 2 atom stereocenters. The van der Waals surface area contributed by atoms with Gasteiger partial charge in [-0.05, 0) is 49.4 Å². The molecule has 0 aliphatic carbocycles. The summed E-state index contributed by atoms with van der Waals surface area (Å²) in [4.78, 5) is 31.3. The second kappa shape index (κ2) is 7.69. The standard InChI is InChI=1S/C21H22ClN3O2/c22-19-4-2-1-3-15(19)11-20(26)25-17-5-6-18(25)13-16(12-17)24-21(27)14-7-9-23-10-8-14/h1-4,7-10,16-18H,5-6,11-13H2,(H,24,27). The number of carbonyl (C=O) groups is 2. The second-order valence-electron chi connectivity index (χ2n) is 7.33. The lowest BCUT2D eigenvalue weighted by Gasteiger charge is -2.39. The Morgan fingerprint density at radius 2 is 1.74 bits per heavy atom. The quantitative estimate of drug-likeness (QED) is 0.881. The Kier molecular flexibility index (Phi) is 5.12. The maximum atomic E-state index is 12.9. The van der Waals surface area contributed by atoms with E-state index in [0.717, 1.165) is 31.2 Å². The number of nitrogens with zero attached hydrogens (tertiary/aromatic N) is 2. The average molecular weight is 384 g/mol. The molecule has 2 fully saturated rings. The minimum Gasteiger partial charge on any atom is -0.349 e. The number of rotatable bonds is 4. The highest BCUT2D eigenvalue weighted by Crippen LogP contribution is 2.36. The van der Waals surface area contributed by atoms with Crippen LogP contribution in [0.2, 0.25) is 5.02 Å². The van der Waals surface area contributed by atoms with E-state index in [1.54, 1.807) is 24.5 Å². The van der Waals surface area contributed by atoms with E-state index in [-0.39, 0.29) is 29.9 Å². The Balaban J connectivity index is 1.39. The SMILES string of the molecule is O=C(NC1CC2CCC(C1)N2C(=O)Cc1ccccc1Cl)c1ccncc1. The summed E-state index contributed by atoms with van der Waals surface area (Å²) in [5, 5.41) is 3.77. The maximum absolute atomic E-state index is 12.9. The molecular weight excluding hydrogens is 362 g/mol. The van der Waals surface area contributed by atoms with Gasteiger partial charge in [-0.3, -0.25) is 14.6 Å². The molecule has 2 bridgehead atoms. The summed E-state index contributed by atoms with van der Waals surface area (Å²) in [6.07, 6.45) is 7.19. The molecule has 1 N–H and O–H groups in total. The molecule has 2 amide bonds. The normalized spacial score (nSPS) is 23.9. The van der Waals surface area contributed by atoms with Crippen molar-refractivity contribution < 1.29 is 9.59 Å². The number of aromatic nitrogens is 1. The first-order chi connectivity index (χ1) is 13.1. The summed E-state index contributed by atoms with van der Waals surface area (Å²) < 4.78 is 0. The van der Waals surface area contributed by atoms with E-state index in [9.17, 15) is 9.59 Å². The van der Waals surface area contributed by atoms with Crippen molar-refractivity contribution in [2.24, 2.45) is 0 Å². The molecular formula is C21H22ClN3O2. The predicted octanol–water partition coefficient (Wildman–Crippen LogP) is 3.23. The first kappa shape index (κ1) is 18.0. The molecule has 5 nitrogen and oxygen atoms in total. The van der Waals surface area contributed by atoms with E-state index >= 15 is 0 Å². The largest absolute Gasteiger partial charge is 0.349 e. The van der Waals surface area contributed by atoms with E-state index < -0.39 is 0 Å². The summed E-state index contributed by atoms with van der Waals surface area (Å²) in [6.45, 7) is 0. The van der Waals surface area contributed by atoms with Gasteiger partial charge in [-0.2, -0.15) is 0 Å². The van der Waals surface area contributed by atoms with Crippen molar-refractivity contribution in [2.45, 2.75) is 50.2 Å². The van der Waals surface area contributed by atoms with Gasteiger partial charge in [0.25, 0.3) is 5.91 Å². The molecule has 140 valence electrons. The van der Waals surface area contributed by atoms with Crippen LogP contribution in [0.1, 0.15) is 41.6 Å². The Bertz CT molecular complexity index is 828. The molecule has 2 unspecified atom stereocenters. The second-order valence-corrected chi connectivity index (χ2v) is 7.74. The van der Waals surface area contributed by atoms with Crippen LogP contribution >= 0.6 is 11.6 Å². The summed E-state index contributed by atoms with van der Waals surface area (Å²) in [6, 6.07) is 11.4. The molecule has 2 aromatic rings. The Hall–Kier alpha value is -2.40. The van der Waals surface area contributed by atoms with E-state index in [1.165, 1.54) is 0 Å². The van der Waals surface area contributed by atoms with Gasteiger partial charge in [-0.25, -0.2) is 0 Å². The number of hydrogen-bond donors (Lipinski definition) is 1. The van der Waals surface area contributed by atoms with E-state index in [4.69, 9.17) is 11.6 Å². The van der Waals surface area contributed by atoms with E-state index in [0.29, 0.717) is 17.0 Å². The van der Waals surface area contributed by atoms with Crippen LogP contribution < -0.4 is 5.32 Å².